The lowest BCUT2D eigenvalue weighted by atomic mass is 9.64. The molecule has 4 aromatic rings. The third-order valence-electron chi connectivity index (χ3n) is 7.48. The predicted molar refractivity (Wildman–Crippen MR) is 152 cm³/mol. The van der Waals surface area contributed by atoms with Gasteiger partial charge in [-0.25, -0.2) is 8.42 Å². The van der Waals surface area contributed by atoms with Crippen LogP contribution in [0.25, 0.3) is 5.57 Å². The third kappa shape index (κ3) is 5.00. The largest absolute Gasteiger partial charge is 0.303 e. The molecule has 0 aliphatic heterocycles. The fourth-order valence-corrected chi connectivity index (χ4v) is 6.82. The van der Waals surface area contributed by atoms with E-state index in [0.29, 0.717) is 6.42 Å². The minimum atomic E-state index is -4.00. The van der Waals surface area contributed by atoms with Gasteiger partial charge >= 0.3 is 0 Å². The van der Waals surface area contributed by atoms with E-state index < -0.39 is 21.5 Å². The van der Waals surface area contributed by atoms with Crippen molar-refractivity contribution in [3.05, 3.63) is 143 Å². The average molecular weight is 522 g/mol. The van der Waals surface area contributed by atoms with Gasteiger partial charge in [-0.2, -0.15) is 4.72 Å². The van der Waals surface area contributed by atoms with Crippen LogP contribution in [0.3, 0.4) is 0 Å². The van der Waals surface area contributed by atoms with E-state index in [-0.39, 0.29) is 10.8 Å². The molecule has 0 spiro atoms. The molecule has 0 heterocycles. The van der Waals surface area contributed by atoms with Gasteiger partial charge < -0.3 is 4.79 Å². The van der Waals surface area contributed by atoms with Crippen molar-refractivity contribution in [3.63, 3.8) is 0 Å². The van der Waals surface area contributed by atoms with Crippen molar-refractivity contribution in [2.75, 3.05) is 0 Å². The van der Waals surface area contributed by atoms with Crippen LogP contribution in [0, 0.1) is 19.8 Å². The molecule has 1 aliphatic rings. The maximum Gasteiger partial charge on any atom is 0.241 e. The van der Waals surface area contributed by atoms with Crippen LogP contribution >= 0.6 is 0 Å². The number of hydrogen-bond donors (Lipinski definition) is 1. The van der Waals surface area contributed by atoms with E-state index in [1.807, 2.05) is 92.7 Å². The molecule has 0 aromatic heterocycles. The molecule has 0 saturated heterocycles. The minimum Gasteiger partial charge on any atom is -0.303 e. The highest BCUT2D eigenvalue weighted by Crippen LogP contribution is 2.50. The molecule has 4 aromatic carbocycles. The zero-order chi connectivity index (χ0) is 26.8. The second-order valence-electron chi connectivity index (χ2n) is 10.1. The van der Waals surface area contributed by atoms with Gasteiger partial charge in [-0.1, -0.05) is 114 Å². The van der Waals surface area contributed by atoms with E-state index in [4.69, 9.17) is 0 Å². The minimum absolute atomic E-state index is 0.162. The van der Waals surface area contributed by atoms with Crippen LogP contribution < -0.4 is 4.72 Å². The van der Waals surface area contributed by atoms with Crippen LogP contribution in [0.4, 0.5) is 0 Å². The maximum atomic E-state index is 13.9. The Morgan fingerprint density at radius 3 is 1.89 bits per heavy atom. The van der Waals surface area contributed by atoms with Gasteiger partial charge in [0.1, 0.15) is 6.29 Å². The first kappa shape index (κ1) is 25.8. The van der Waals surface area contributed by atoms with Gasteiger partial charge in [-0.3, -0.25) is 0 Å². The zero-order valence-electron chi connectivity index (χ0n) is 21.5. The number of hydrogen-bond acceptors (Lipinski definition) is 3. The first-order valence-corrected chi connectivity index (χ1v) is 14.3. The lowest BCUT2D eigenvalue weighted by Gasteiger charge is -2.45. The molecule has 5 rings (SSSR count). The van der Waals surface area contributed by atoms with E-state index >= 15 is 0 Å². The van der Waals surface area contributed by atoms with E-state index in [0.717, 1.165) is 39.7 Å². The van der Waals surface area contributed by atoms with Crippen LogP contribution in [0.15, 0.2) is 120 Å². The van der Waals surface area contributed by atoms with Crippen LogP contribution in [-0.2, 0) is 20.4 Å². The summed E-state index contributed by atoms with van der Waals surface area (Å²) in [6.07, 6.45) is 3.50. The van der Waals surface area contributed by atoms with Crippen LogP contribution in [0.5, 0.6) is 0 Å². The lowest BCUT2D eigenvalue weighted by molar-refractivity contribution is -0.113. The number of aryl methyl sites for hydroxylation is 2. The molecule has 38 heavy (non-hydrogen) atoms. The zero-order valence-corrected chi connectivity index (χ0v) is 22.4. The fraction of sp³-hybridized carbons (Fsp3) is 0.182. The Balaban J connectivity index is 1.76. The number of aldehydes is 1. The van der Waals surface area contributed by atoms with Gasteiger partial charge in [0.05, 0.1) is 10.4 Å². The maximum absolute atomic E-state index is 13.9. The molecule has 0 radical (unpaired) electrons. The van der Waals surface area contributed by atoms with Crippen molar-refractivity contribution in [1.29, 1.82) is 0 Å². The Morgan fingerprint density at radius 2 is 1.32 bits per heavy atom. The highest BCUT2D eigenvalue weighted by molar-refractivity contribution is 7.89. The number of carbonyl (C=O) groups excluding carboxylic acids is 1. The molecule has 3 atom stereocenters. The summed E-state index contributed by atoms with van der Waals surface area (Å²) >= 11 is 0. The highest BCUT2D eigenvalue weighted by atomic mass is 32.2. The van der Waals surface area contributed by atoms with Gasteiger partial charge in [0.25, 0.3) is 0 Å². The standard InChI is InChI=1S/C33H31NO3S/c1-24-13-17-27(18-14-24)31-21-28(26-9-5-3-6-10-26)22-33(32(31)23-35,29-11-7-4-8-12-29)34-38(36,37)30-19-15-25(2)16-20-30/h3-20,22-23,31-32,34H,21H2,1-2H3/t31-,32-,33-/m1/s1. The number of rotatable bonds is 7. The van der Waals surface area contributed by atoms with E-state index in [2.05, 4.69) is 16.9 Å². The topological polar surface area (TPSA) is 63.2 Å². The summed E-state index contributed by atoms with van der Waals surface area (Å²) in [5.74, 6) is -0.922. The van der Waals surface area contributed by atoms with Crippen molar-refractivity contribution in [1.82, 2.24) is 4.72 Å². The van der Waals surface area contributed by atoms with Gasteiger partial charge in [-0.05, 0) is 60.6 Å². The van der Waals surface area contributed by atoms with Gasteiger partial charge in [0.2, 0.25) is 10.0 Å². The molecule has 5 heteroatoms. The van der Waals surface area contributed by atoms with Crippen molar-refractivity contribution >= 4 is 21.9 Å². The normalized spacial score (nSPS) is 21.5. The van der Waals surface area contributed by atoms with Gasteiger partial charge in [-0.15, -0.1) is 0 Å². The van der Waals surface area contributed by atoms with Crippen molar-refractivity contribution in [2.24, 2.45) is 5.92 Å². The van der Waals surface area contributed by atoms with Crippen LogP contribution in [0.1, 0.15) is 40.2 Å². The van der Waals surface area contributed by atoms with Crippen LogP contribution in [0.2, 0.25) is 0 Å². The predicted octanol–water partition coefficient (Wildman–Crippen LogP) is 6.56. The number of carbonyl (C=O) groups is 1. The summed E-state index contributed by atoms with van der Waals surface area (Å²) in [6.45, 7) is 3.95. The van der Waals surface area contributed by atoms with Crippen molar-refractivity contribution < 1.29 is 13.2 Å². The molecule has 0 bridgehead atoms. The first-order valence-electron chi connectivity index (χ1n) is 12.8. The molecule has 0 unspecified atom stereocenters. The SMILES string of the molecule is Cc1ccc([C@H]2CC(c3ccccc3)=C[C@@](NS(=O)(=O)c3ccc(C)cc3)(c3ccccc3)[C@@H]2C=O)cc1. The summed E-state index contributed by atoms with van der Waals surface area (Å²) in [5.41, 5.74) is 4.51. The number of nitrogens with one attached hydrogen (secondary N) is 1. The van der Waals surface area contributed by atoms with Crippen molar-refractivity contribution in [3.8, 4) is 0 Å². The quantitative estimate of drug-likeness (QED) is 0.280. The Labute approximate surface area is 225 Å². The second kappa shape index (κ2) is 10.5. The summed E-state index contributed by atoms with van der Waals surface area (Å²) in [7, 11) is -4.00. The van der Waals surface area contributed by atoms with E-state index in [1.54, 1.807) is 24.3 Å². The van der Waals surface area contributed by atoms with Gasteiger partial charge in [0.15, 0.2) is 0 Å². The molecule has 1 N–H and O–H groups in total. The summed E-state index contributed by atoms with van der Waals surface area (Å²) in [4.78, 5) is 13.2. The number of benzene rings is 4. The van der Waals surface area contributed by atoms with Crippen LogP contribution in [-0.4, -0.2) is 14.7 Å². The highest BCUT2D eigenvalue weighted by Gasteiger charge is 2.49. The molecule has 4 nitrogen and oxygen atoms in total. The summed E-state index contributed by atoms with van der Waals surface area (Å²) in [6, 6.07) is 34.4. The average Bonchev–Trinajstić information content (AvgIpc) is 2.94. The second-order valence-corrected chi connectivity index (χ2v) is 11.8. The molecule has 0 fully saturated rings. The molecular weight excluding hydrogens is 490 g/mol. The molecule has 1 aliphatic carbocycles. The molecule has 0 amide bonds. The molecule has 0 saturated carbocycles. The lowest BCUT2D eigenvalue weighted by Crippen LogP contribution is -2.53. The third-order valence-corrected chi connectivity index (χ3v) is 8.98. The first-order chi connectivity index (χ1) is 18.3. The monoisotopic (exact) mass is 521 g/mol. The molecule has 192 valence electrons. The Hall–Kier alpha value is -3.80. The Morgan fingerprint density at radius 1 is 0.763 bits per heavy atom. The number of allylic oxidation sites excluding steroid dienone is 1. The number of sulfonamides is 1. The van der Waals surface area contributed by atoms with E-state index in [1.165, 1.54) is 0 Å². The fourth-order valence-electron chi connectivity index (χ4n) is 5.45. The van der Waals surface area contributed by atoms with Crippen molar-refractivity contribution in [2.45, 2.75) is 36.6 Å². The summed E-state index contributed by atoms with van der Waals surface area (Å²) < 4.78 is 30.9. The van der Waals surface area contributed by atoms with E-state index in [9.17, 15) is 13.2 Å². The molecular formula is C33H31NO3S. The Kier molecular flexibility index (Phi) is 7.15. The summed E-state index contributed by atoms with van der Waals surface area (Å²) in [5, 5.41) is 0. The Bertz CT molecular complexity index is 1540. The smallest absolute Gasteiger partial charge is 0.241 e. The van der Waals surface area contributed by atoms with Gasteiger partial charge in [0, 0.05) is 5.92 Å².